The minimum absolute atomic E-state index is 0.0941. The van der Waals surface area contributed by atoms with Crippen LogP contribution < -0.4 is 19.5 Å². The molecule has 0 radical (unpaired) electrons. The zero-order chi connectivity index (χ0) is 17.9. The molecule has 26 heavy (non-hydrogen) atoms. The number of ether oxygens (including phenoxy) is 3. The van der Waals surface area contributed by atoms with Gasteiger partial charge in [-0.25, -0.2) is 0 Å². The van der Waals surface area contributed by atoms with Crippen LogP contribution in [0.5, 0.6) is 17.2 Å². The van der Waals surface area contributed by atoms with E-state index in [0.29, 0.717) is 26.2 Å². The van der Waals surface area contributed by atoms with Gasteiger partial charge in [-0.15, -0.1) is 0 Å². The number of para-hydroxylation sites is 1. The summed E-state index contributed by atoms with van der Waals surface area (Å²) in [5, 5.41) is 2.98. The van der Waals surface area contributed by atoms with Crippen molar-refractivity contribution < 1.29 is 19.0 Å². The van der Waals surface area contributed by atoms with Crippen molar-refractivity contribution in [3.63, 3.8) is 0 Å². The summed E-state index contributed by atoms with van der Waals surface area (Å²) >= 11 is 0. The van der Waals surface area contributed by atoms with Gasteiger partial charge in [0.1, 0.15) is 5.75 Å². The predicted octanol–water partition coefficient (Wildman–Crippen LogP) is 3.17. The smallest absolute Gasteiger partial charge is 0.261 e. The lowest BCUT2D eigenvalue weighted by Crippen LogP contribution is -2.40. The number of amides is 1. The summed E-state index contributed by atoms with van der Waals surface area (Å²) in [6, 6.07) is 11.9. The summed E-state index contributed by atoms with van der Waals surface area (Å²) in [4.78, 5) is 12.6. The van der Waals surface area contributed by atoms with Crippen molar-refractivity contribution in [3.8, 4) is 17.2 Å². The van der Waals surface area contributed by atoms with Crippen molar-refractivity contribution in [2.75, 3.05) is 13.2 Å². The first-order valence-corrected chi connectivity index (χ1v) is 9.12. The van der Waals surface area contributed by atoms with Gasteiger partial charge in [-0.05, 0) is 37.5 Å². The Balaban J connectivity index is 1.41. The molecule has 0 saturated heterocycles. The molecule has 2 aliphatic heterocycles. The minimum atomic E-state index is -0.454. The molecule has 1 atom stereocenters. The Hall–Kier alpha value is -2.69. The molecule has 1 amide bonds. The molecule has 0 aromatic heterocycles. The molecule has 0 bridgehead atoms. The Morgan fingerprint density at radius 2 is 2.04 bits per heavy atom. The summed E-state index contributed by atoms with van der Waals surface area (Å²) in [5.41, 5.74) is 3.31. The topological polar surface area (TPSA) is 56.8 Å². The first-order chi connectivity index (χ1) is 12.7. The summed E-state index contributed by atoms with van der Waals surface area (Å²) in [5.74, 6) is 2.19. The van der Waals surface area contributed by atoms with E-state index in [9.17, 15) is 4.79 Å². The second-order valence-corrected chi connectivity index (χ2v) is 6.77. The number of hydrogen-bond acceptors (Lipinski definition) is 4. The van der Waals surface area contributed by atoms with Gasteiger partial charge in [-0.1, -0.05) is 29.8 Å². The van der Waals surface area contributed by atoms with Gasteiger partial charge in [-0.3, -0.25) is 4.79 Å². The zero-order valence-electron chi connectivity index (χ0n) is 14.9. The van der Waals surface area contributed by atoms with E-state index in [1.54, 1.807) is 0 Å². The van der Waals surface area contributed by atoms with Crippen LogP contribution in [0.1, 0.15) is 29.5 Å². The van der Waals surface area contributed by atoms with Crippen molar-refractivity contribution in [1.29, 1.82) is 0 Å². The molecule has 1 N–H and O–H groups in total. The Morgan fingerprint density at radius 3 is 2.96 bits per heavy atom. The number of benzene rings is 2. The maximum absolute atomic E-state index is 12.6. The van der Waals surface area contributed by atoms with Crippen molar-refractivity contribution in [1.82, 2.24) is 5.32 Å². The SMILES string of the molecule is Cc1ccc2c(c1)CCC(C(=O)NCc1cccc3c1OCCCO3)O2. The van der Waals surface area contributed by atoms with Crippen LogP contribution in [0, 0.1) is 6.92 Å². The van der Waals surface area contributed by atoms with Crippen LogP contribution in [0.25, 0.3) is 0 Å². The largest absolute Gasteiger partial charge is 0.490 e. The molecule has 2 aromatic carbocycles. The highest BCUT2D eigenvalue weighted by Crippen LogP contribution is 2.33. The molecule has 2 heterocycles. The first kappa shape index (κ1) is 16.8. The maximum Gasteiger partial charge on any atom is 0.261 e. The first-order valence-electron chi connectivity index (χ1n) is 9.12. The lowest BCUT2D eigenvalue weighted by Gasteiger charge is -2.25. The van der Waals surface area contributed by atoms with Gasteiger partial charge < -0.3 is 19.5 Å². The summed E-state index contributed by atoms with van der Waals surface area (Å²) in [6.07, 6.45) is 1.95. The monoisotopic (exact) mass is 353 g/mol. The van der Waals surface area contributed by atoms with Crippen LogP contribution in [0.15, 0.2) is 36.4 Å². The lowest BCUT2D eigenvalue weighted by molar-refractivity contribution is -0.128. The molecule has 2 aliphatic rings. The molecule has 5 heteroatoms. The molecule has 5 nitrogen and oxygen atoms in total. The van der Waals surface area contributed by atoms with E-state index in [4.69, 9.17) is 14.2 Å². The molecule has 0 aliphatic carbocycles. The van der Waals surface area contributed by atoms with Crippen molar-refractivity contribution in [2.45, 2.75) is 38.8 Å². The van der Waals surface area contributed by atoms with E-state index in [-0.39, 0.29) is 5.91 Å². The third-order valence-electron chi connectivity index (χ3n) is 4.76. The van der Waals surface area contributed by atoms with Crippen LogP contribution >= 0.6 is 0 Å². The van der Waals surface area contributed by atoms with Crippen LogP contribution in [-0.4, -0.2) is 25.2 Å². The van der Waals surface area contributed by atoms with E-state index in [0.717, 1.165) is 35.7 Å². The van der Waals surface area contributed by atoms with Crippen LogP contribution in [-0.2, 0) is 17.8 Å². The fourth-order valence-electron chi connectivity index (χ4n) is 3.39. The van der Waals surface area contributed by atoms with Gasteiger partial charge >= 0.3 is 0 Å². The highest BCUT2D eigenvalue weighted by molar-refractivity contribution is 5.81. The number of nitrogens with one attached hydrogen (secondary N) is 1. The Kier molecular flexibility index (Phi) is 4.69. The van der Waals surface area contributed by atoms with E-state index in [2.05, 4.69) is 18.3 Å². The van der Waals surface area contributed by atoms with E-state index in [1.165, 1.54) is 11.1 Å². The Morgan fingerprint density at radius 1 is 1.15 bits per heavy atom. The predicted molar refractivity (Wildman–Crippen MR) is 97.8 cm³/mol. The quantitative estimate of drug-likeness (QED) is 0.921. The van der Waals surface area contributed by atoms with Gasteiger partial charge in [0.25, 0.3) is 5.91 Å². The molecular formula is C21H23NO4. The molecule has 0 saturated carbocycles. The van der Waals surface area contributed by atoms with E-state index in [1.807, 2.05) is 30.3 Å². The third kappa shape index (κ3) is 3.47. The van der Waals surface area contributed by atoms with Crippen LogP contribution in [0.4, 0.5) is 0 Å². The van der Waals surface area contributed by atoms with Gasteiger partial charge in [0.05, 0.1) is 13.2 Å². The minimum Gasteiger partial charge on any atom is -0.490 e. The van der Waals surface area contributed by atoms with E-state index >= 15 is 0 Å². The van der Waals surface area contributed by atoms with Gasteiger partial charge in [-0.2, -0.15) is 0 Å². The number of carbonyl (C=O) groups is 1. The van der Waals surface area contributed by atoms with Gasteiger partial charge in [0, 0.05) is 18.5 Å². The fraction of sp³-hybridized carbons (Fsp3) is 0.381. The molecule has 136 valence electrons. The van der Waals surface area contributed by atoms with E-state index < -0.39 is 6.10 Å². The third-order valence-corrected chi connectivity index (χ3v) is 4.76. The number of fused-ring (bicyclic) bond motifs is 2. The maximum atomic E-state index is 12.6. The summed E-state index contributed by atoms with van der Waals surface area (Å²) in [7, 11) is 0. The average molecular weight is 353 g/mol. The highest BCUT2D eigenvalue weighted by Gasteiger charge is 2.26. The Bertz CT molecular complexity index is 818. The highest BCUT2D eigenvalue weighted by atomic mass is 16.5. The van der Waals surface area contributed by atoms with Crippen molar-refractivity contribution in [3.05, 3.63) is 53.1 Å². The Labute approximate surface area is 153 Å². The van der Waals surface area contributed by atoms with Gasteiger partial charge in [0.2, 0.25) is 0 Å². The fourth-order valence-corrected chi connectivity index (χ4v) is 3.39. The number of hydrogen-bond donors (Lipinski definition) is 1. The molecule has 1 unspecified atom stereocenters. The average Bonchev–Trinajstić information content (AvgIpc) is 2.91. The van der Waals surface area contributed by atoms with Gasteiger partial charge in [0.15, 0.2) is 17.6 Å². The molecule has 4 rings (SSSR count). The zero-order valence-corrected chi connectivity index (χ0v) is 14.9. The molecular weight excluding hydrogens is 330 g/mol. The second-order valence-electron chi connectivity index (χ2n) is 6.77. The number of carbonyl (C=O) groups excluding carboxylic acids is 1. The summed E-state index contributed by atoms with van der Waals surface area (Å²) in [6.45, 7) is 3.73. The van der Waals surface area contributed by atoms with Crippen LogP contribution in [0.3, 0.4) is 0 Å². The van der Waals surface area contributed by atoms with Crippen molar-refractivity contribution in [2.24, 2.45) is 0 Å². The molecule has 0 fully saturated rings. The number of rotatable bonds is 3. The number of aryl methyl sites for hydroxylation is 2. The van der Waals surface area contributed by atoms with Crippen molar-refractivity contribution >= 4 is 5.91 Å². The normalized spacial score (nSPS) is 18.3. The molecule has 2 aromatic rings. The second kappa shape index (κ2) is 7.28. The lowest BCUT2D eigenvalue weighted by atomic mass is 10.00. The summed E-state index contributed by atoms with van der Waals surface area (Å²) < 4.78 is 17.4. The van der Waals surface area contributed by atoms with Crippen LogP contribution in [0.2, 0.25) is 0 Å². The molecule has 0 spiro atoms. The standard InChI is InChI=1S/C21H23NO4/c1-14-6-8-17-15(12-14)7-9-19(26-17)21(23)22-13-16-4-2-5-18-20(16)25-11-3-10-24-18/h2,4-6,8,12,19H,3,7,9-11,13H2,1H3,(H,22,23).